The lowest BCUT2D eigenvalue weighted by molar-refractivity contribution is 1.14. The zero-order valence-electron chi connectivity index (χ0n) is 8.02. The molecule has 0 atom stereocenters. The van der Waals surface area contributed by atoms with E-state index < -0.39 is 0 Å². The Hall–Kier alpha value is -1.61. The topological polar surface area (TPSA) is 51.8 Å². The Labute approximate surface area is 92.9 Å². The number of rotatable bonds is 2. The molecule has 0 saturated heterocycles. The van der Waals surface area contributed by atoms with E-state index in [1.807, 2.05) is 18.2 Å². The van der Waals surface area contributed by atoms with Gasteiger partial charge in [0.15, 0.2) is 0 Å². The highest BCUT2D eigenvalue weighted by Gasteiger charge is 2.04. The Bertz CT molecular complexity index is 427. The molecular weight excluding hydrogens is 210 g/mol. The molecule has 2 aromatic rings. The van der Waals surface area contributed by atoms with Gasteiger partial charge < -0.3 is 5.73 Å². The number of hydrogen-bond donors (Lipinski definition) is 1. The summed E-state index contributed by atoms with van der Waals surface area (Å²) in [5.74, 6) is 0.547. The van der Waals surface area contributed by atoms with Gasteiger partial charge in [0, 0.05) is 25.0 Å². The molecule has 0 saturated carbocycles. The van der Waals surface area contributed by atoms with Crippen LogP contribution in [0, 0.1) is 0 Å². The fourth-order valence-electron chi connectivity index (χ4n) is 1.35. The minimum absolute atomic E-state index is 0.547. The molecule has 0 amide bonds. The van der Waals surface area contributed by atoms with Crippen molar-refractivity contribution in [1.29, 1.82) is 0 Å². The fourth-order valence-corrected chi connectivity index (χ4v) is 1.54. The summed E-state index contributed by atoms with van der Waals surface area (Å²) < 4.78 is 0. The average molecular weight is 220 g/mol. The predicted octanol–water partition coefficient (Wildman–Crippen LogP) is 2.30. The first-order valence-electron chi connectivity index (χ1n) is 4.55. The van der Waals surface area contributed by atoms with E-state index in [0.29, 0.717) is 17.3 Å². The Morgan fingerprint density at radius 1 is 1.20 bits per heavy atom. The summed E-state index contributed by atoms with van der Waals surface area (Å²) in [6.07, 6.45) is 5.70. The third-order valence-corrected chi connectivity index (χ3v) is 2.50. The van der Waals surface area contributed by atoms with E-state index in [4.69, 9.17) is 17.3 Å². The van der Waals surface area contributed by atoms with Crippen LogP contribution in [0.15, 0.2) is 36.8 Å². The molecule has 0 aromatic carbocycles. The van der Waals surface area contributed by atoms with E-state index in [2.05, 4.69) is 9.97 Å². The smallest absolute Gasteiger partial charge is 0.126 e. The molecule has 2 N–H and O–H groups in total. The summed E-state index contributed by atoms with van der Waals surface area (Å²) in [4.78, 5) is 7.95. The molecule has 4 heteroatoms. The van der Waals surface area contributed by atoms with E-state index in [1.54, 1.807) is 18.6 Å². The molecule has 2 aromatic heterocycles. The van der Waals surface area contributed by atoms with Gasteiger partial charge in [-0.15, -0.1) is 0 Å². The number of nitrogens with two attached hydrogens (primary N) is 1. The second-order valence-corrected chi connectivity index (χ2v) is 3.60. The van der Waals surface area contributed by atoms with Crippen molar-refractivity contribution in [3.05, 3.63) is 52.9 Å². The summed E-state index contributed by atoms with van der Waals surface area (Å²) in [7, 11) is 0. The van der Waals surface area contributed by atoms with Crippen LogP contribution in [0.25, 0.3) is 0 Å². The quantitative estimate of drug-likeness (QED) is 0.843. The lowest BCUT2D eigenvalue weighted by atomic mass is 10.1. The minimum Gasteiger partial charge on any atom is -0.383 e. The maximum absolute atomic E-state index is 6.00. The van der Waals surface area contributed by atoms with Crippen LogP contribution < -0.4 is 5.73 Å². The van der Waals surface area contributed by atoms with Crippen LogP contribution in [0.1, 0.15) is 11.1 Å². The average Bonchev–Trinajstić information content (AvgIpc) is 2.24. The highest BCUT2D eigenvalue weighted by atomic mass is 35.5. The Kier molecular flexibility index (Phi) is 2.83. The van der Waals surface area contributed by atoms with Crippen molar-refractivity contribution in [2.45, 2.75) is 6.42 Å². The number of nitrogen functional groups attached to an aromatic ring is 1. The first kappa shape index (κ1) is 9.93. The molecule has 0 aliphatic carbocycles. The molecule has 0 fully saturated rings. The normalized spacial score (nSPS) is 10.2. The second-order valence-electron chi connectivity index (χ2n) is 3.19. The van der Waals surface area contributed by atoms with Gasteiger partial charge in [-0.3, -0.25) is 4.98 Å². The third-order valence-electron chi connectivity index (χ3n) is 2.16. The van der Waals surface area contributed by atoms with Gasteiger partial charge in [-0.05, 0) is 23.3 Å². The highest BCUT2D eigenvalue weighted by molar-refractivity contribution is 6.31. The van der Waals surface area contributed by atoms with Crippen molar-refractivity contribution in [3.63, 3.8) is 0 Å². The van der Waals surface area contributed by atoms with Crippen molar-refractivity contribution in [1.82, 2.24) is 9.97 Å². The highest BCUT2D eigenvalue weighted by Crippen LogP contribution is 2.19. The fraction of sp³-hybridized carbons (Fsp3) is 0.0909. The van der Waals surface area contributed by atoms with Crippen LogP contribution in [-0.2, 0) is 6.42 Å². The molecule has 76 valence electrons. The summed E-state index contributed by atoms with van der Waals surface area (Å²) in [6, 6.07) is 5.69. The summed E-state index contributed by atoms with van der Waals surface area (Å²) in [5.41, 5.74) is 7.73. The van der Waals surface area contributed by atoms with Gasteiger partial charge >= 0.3 is 0 Å². The Morgan fingerprint density at radius 2 is 2.07 bits per heavy atom. The van der Waals surface area contributed by atoms with E-state index in [9.17, 15) is 0 Å². The number of aromatic nitrogens is 2. The number of anilines is 1. The molecular formula is C11H10ClN3. The molecule has 0 spiro atoms. The van der Waals surface area contributed by atoms with Crippen LogP contribution in [0.2, 0.25) is 5.02 Å². The van der Waals surface area contributed by atoms with Crippen LogP contribution in [0.5, 0.6) is 0 Å². The minimum atomic E-state index is 0.547. The molecule has 0 aliphatic rings. The van der Waals surface area contributed by atoms with E-state index in [-0.39, 0.29) is 0 Å². The van der Waals surface area contributed by atoms with Gasteiger partial charge in [-0.2, -0.15) is 0 Å². The summed E-state index contributed by atoms with van der Waals surface area (Å²) in [6.45, 7) is 0. The molecule has 2 rings (SSSR count). The number of nitrogens with zero attached hydrogens (tertiary/aromatic N) is 2. The Balaban J connectivity index is 2.30. The van der Waals surface area contributed by atoms with E-state index in [0.717, 1.165) is 11.1 Å². The third kappa shape index (κ3) is 2.25. The first-order chi connectivity index (χ1) is 7.27. The molecule has 0 aliphatic heterocycles. The summed E-state index contributed by atoms with van der Waals surface area (Å²) in [5, 5.41) is 0.653. The zero-order valence-corrected chi connectivity index (χ0v) is 8.78. The molecule has 3 nitrogen and oxygen atoms in total. The molecule has 0 radical (unpaired) electrons. The largest absolute Gasteiger partial charge is 0.383 e. The first-order valence-corrected chi connectivity index (χ1v) is 4.93. The van der Waals surface area contributed by atoms with Gasteiger partial charge in [0.1, 0.15) is 5.82 Å². The second kappa shape index (κ2) is 4.28. The van der Waals surface area contributed by atoms with Crippen molar-refractivity contribution in [2.24, 2.45) is 0 Å². The van der Waals surface area contributed by atoms with Crippen molar-refractivity contribution < 1.29 is 0 Å². The van der Waals surface area contributed by atoms with Crippen LogP contribution in [0.3, 0.4) is 0 Å². The van der Waals surface area contributed by atoms with Gasteiger partial charge in [0.25, 0.3) is 0 Å². The van der Waals surface area contributed by atoms with Gasteiger partial charge in [-0.25, -0.2) is 4.98 Å². The van der Waals surface area contributed by atoms with Crippen LogP contribution in [-0.4, -0.2) is 9.97 Å². The molecule has 15 heavy (non-hydrogen) atoms. The van der Waals surface area contributed by atoms with Crippen molar-refractivity contribution in [3.8, 4) is 0 Å². The van der Waals surface area contributed by atoms with Crippen LogP contribution in [0.4, 0.5) is 5.82 Å². The van der Waals surface area contributed by atoms with Crippen LogP contribution >= 0.6 is 11.6 Å². The van der Waals surface area contributed by atoms with E-state index >= 15 is 0 Å². The van der Waals surface area contributed by atoms with Gasteiger partial charge in [-0.1, -0.05) is 17.7 Å². The van der Waals surface area contributed by atoms with Gasteiger partial charge in [0.05, 0.1) is 5.02 Å². The zero-order chi connectivity index (χ0) is 10.7. The molecule has 0 bridgehead atoms. The van der Waals surface area contributed by atoms with Crippen molar-refractivity contribution in [2.75, 3.05) is 5.73 Å². The maximum atomic E-state index is 6.00. The summed E-state index contributed by atoms with van der Waals surface area (Å²) >= 11 is 6.00. The lowest BCUT2D eigenvalue weighted by Crippen LogP contribution is -1.98. The SMILES string of the molecule is Nc1ncccc1Cc1ccncc1Cl. The molecule has 0 unspecified atom stereocenters. The predicted molar refractivity (Wildman–Crippen MR) is 60.7 cm³/mol. The molecule has 2 heterocycles. The lowest BCUT2D eigenvalue weighted by Gasteiger charge is -2.05. The standard InChI is InChI=1S/C11H10ClN3/c12-10-7-14-5-3-8(10)6-9-2-1-4-15-11(9)13/h1-5,7H,6H2,(H2,13,15). The number of pyridine rings is 2. The van der Waals surface area contributed by atoms with Gasteiger partial charge in [0.2, 0.25) is 0 Å². The maximum Gasteiger partial charge on any atom is 0.126 e. The van der Waals surface area contributed by atoms with E-state index in [1.165, 1.54) is 0 Å². The Morgan fingerprint density at radius 3 is 2.80 bits per heavy atom. The monoisotopic (exact) mass is 219 g/mol. The number of hydrogen-bond acceptors (Lipinski definition) is 3. The number of halogens is 1. The van der Waals surface area contributed by atoms with Crippen molar-refractivity contribution >= 4 is 17.4 Å².